The summed E-state index contributed by atoms with van der Waals surface area (Å²) in [4.78, 5) is 10.7. The predicted octanol–water partition coefficient (Wildman–Crippen LogP) is 3.39. The first-order valence-corrected chi connectivity index (χ1v) is 6.52. The molecule has 2 nitrogen and oxygen atoms in total. The Balaban J connectivity index is 1.86. The Labute approximate surface area is 103 Å². The molecule has 0 saturated heterocycles. The summed E-state index contributed by atoms with van der Waals surface area (Å²) in [7, 11) is 0. The van der Waals surface area contributed by atoms with E-state index >= 15 is 0 Å². The standard InChI is InChI=1S/C15H20O2/c1-2-12-3-7-14(8-4-12)17-15-9-5-13(11-16)6-10-15/h3-4,7-8,11,13,15H,2,5-6,9-10H2,1H3/t13-,15-. The maximum absolute atomic E-state index is 10.7. The summed E-state index contributed by atoms with van der Waals surface area (Å²) < 4.78 is 5.93. The minimum absolute atomic E-state index is 0.261. The van der Waals surface area contributed by atoms with Gasteiger partial charge in [-0.2, -0.15) is 0 Å². The van der Waals surface area contributed by atoms with Crippen LogP contribution >= 0.6 is 0 Å². The quantitative estimate of drug-likeness (QED) is 0.744. The van der Waals surface area contributed by atoms with Gasteiger partial charge >= 0.3 is 0 Å². The fourth-order valence-corrected chi connectivity index (χ4v) is 2.34. The Morgan fingerprint density at radius 3 is 2.35 bits per heavy atom. The van der Waals surface area contributed by atoms with E-state index in [1.165, 1.54) is 5.56 Å². The number of ether oxygens (including phenoxy) is 1. The Kier molecular flexibility index (Phi) is 4.18. The van der Waals surface area contributed by atoms with Crippen LogP contribution in [0.15, 0.2) is 24.3 Å². The van der Waals surface area contributed by atoms with Crippen molar-refractivity contribution in [3.05, 3.63) is 29.8 Å². The number of hydrogen-bond donors (Lipinski definition) is 0. The van der Waals surface area contributed by atoms with Crippen LogP contribution in [0.25, 0.3) is 0 Å². The SMILES string of the molecule is CCc1ccc(O[C@H]2CC[C@H](C=O)CC2)cc1. The third-order valence-corrected chi connectivity index (χ3v) is 3.55. The van der Waals surface area contributed by atoms with Crippen LogP contribution in [0.5, 0.6) is 5.75 Å². The maximum atomic E-state index is 10.7. The lowest BCUT2D eigenvalue weighted by atomic mass is 9.88. The largest absolute Gasteiger partial charge is 0.490 e. The third-order valence-electron chi connectivity index (χ3n) is 3.55. The first-order chi connectivity index (χ1) is 8.31. The van der Waals surface area contributed by atoms with Crippen LogP contribution < -0.4 is 4.74 Å². The molecule has 2 rings (SSSR count). The van der Waals surface area contributed by atoms with Gasteiger partial charge in [-0.25, -0.2) is 0 Å². The minimum atomic E-state index is 0.261. The molecule has 1 fully saturated rings. The highest BCUT2D eigenvalue weighted by molar-refractivity contribution is 5.53. The van der Waals surface area contributed by atoms with Gasteiger partial charge in [0.1, 0.15) is 12.0 Å². The number of rotatable bonds is 4. The molecule has 0 aliphatic heterocycles. The maximum Gasteiger partial charge on any atom is 0.123 e. The molecule has 0 radical (unpaired) electrons. The van der Waals surface area contributed by atoms with Gasteiger partial charge in [-0.1, -0.05) is 19.1 Å². The van der Waals surface area contributed by atoms with Crippen LogP contribution in [0, 0.1) is 5.92 Å². The van der Waals surface area contributed by atoms with E-state index in [1.807, 2.05) is 12.1 Å². The zero-order valence-electron chi connectivity index (χ0n) is 10.4. The van der Waals surface area contributed by atoms with Gasteiger partial charge in [0.2, 0.25) is 0 Å². The summed E-state index contributed by atoms with van der Waals surface area (Å²) in [6.07, 6.45) is 6.38. The number of aryl methyl sites for hydroxylation is 1. The molecule has 0 aromatic heterocycles. The second-order valence-corrected chi connectivity index (χ2v) is 4.79. The number of hydrogen-bond acceptors (Lipinski definition) is 2. The summed E-state index contributed by atoms with van der Waals surface area (Å²) in [6, 6.07) is 8.33. The Morgan fingerprint density at radius 1 is 1.18 bits per heavy atom. The van der Waals surface area contributed by atoms with Crippen molar-refractivity contribution in [3.63, 3.8) is 0 Å². The predicted molar refractivity (Wildman–Crippen MR) is 68.3 cm³/mol. The zero-order chi connectivity index (χ0) is 12.1. The number of carbonyl (C=O) groups is 1. The molecule has 17 heavy (non-hydrogen) atoms. The summed E-state index contributed by atoms with van der Waals surface area (Å²) in [5.41, 5.74) is 1.34. The van der Waals surface area contributed by atoms with Gasteiger partial charge in [-0.15, -0.1) is 0 Å². The van der Waals surface area contributed by atoms with E-state index in [2.05, 4.69) is 19.1 Å². The molecule has 0 bridgehead atoms. The van der Waals surface area contributed by atoms with Crippen LogP contribution in [-0.4, -0.2) is 12.4 Å². The fourth-order valence-electron chi connectivity index (χ4n) is 2.34. The van der Waals surface area contributed by atoms with Crippen molar-refractivity contribution in [2.75, 3.05) is 0 Å². The molecule has 0 amide bonds. The van der Waals surface area contributed by atoms with E-state index in [4.69, 9.17) is 4.74 Å². The average molecular weight is 232 g/mol. The molecule has 1 saturated carbocycles. The van der Waals surface area contributed by atoms with Gasteiger partial charge in [0.25, 0.3) is 0 Å². The fraction of sp³-hybridized carbons (Fsp3) is 0.533. The average Bonchev–Trinajstić information content (AvgIpc) is 2.40. The molecule has 92 valence electrons. The molecule has 2 heteroatoms. The molecule has 0 heterocycles. The van der Waals surface area contributed by atoms with Gasteiger partial charge < -0.3 is 9.53 Å². The van der Waals surface area contributed by atoms with Gasteiger partial charge in [0.15, 0.2) is 0 Å². The highest BCUT2D eigenvalue weighted by Crippen LogP contribution is 2.26. The summed E-state index contributed by atoms with van der Waals surface area (Å²) in [6.45, 7) is 2.15. The van der Waals surface area contributed by atoms with E-state index < -0.39 is 0 Å². The monoisotopic (exact) mass is 232 g/mol. The van der Waals surface area contributed by atoms with Crippen LogP contribution in [-0.2, 0) is 11.2 Å². The van der Waals surface area contributed by atoms with Crippen LogP contribution in [0.3, 0.4) is 0 Å². The van der Waals surface area contributed by atoms with Gasteiger partial charge in [0.05, 0.1) is 6.10 Å². The molecule has 1 aliphatic rings. The molecular formula is C15H20O2. The van der Waals surface area contributed by atoms with Crippen LogP contribution in [0.2, 0.25) is 0 Å². The second-order valence-electron chi connectivity index (χ2n) is 4.79. The Hall–Kier alpha value is -1.31. The van der Waals surface area contributed by atoms with E-state index in [0.29, 0.717) is 6.10 Å². The smallest absolute Gasteiger partial charge is 0.123 e. The Bertz CT molecular complexity index is 348. The number of benzene rings is 1. The highest BCUT2D eigenvalue weighted by atomic mass is 16.5. The molecule has 1 aliphatic carbocycles. The third kappa shape index (κ3) is 3.32. The topological polar surface area (TPSA) is 26.3 Å². The lowest BCUT2D eigenvalue weighted by molar-refractivity contribution is -0.112. The van der Waals surface area contributed by atoms with Gasteiger partial charge in [-0.3, -0.25) is 0 Å². The van der Waals surface area contributed by atoms with Gasteiger partial charge in [0, 0.05) is 5.92 Å². The second kappa shape index (κ2) is 5.85. The summed E-state index contributed by atoms with van der Waals surface area (Å²) >= 11 is 0. The van der Waals surface area contributed by atoms with E-state index in [1.54, 1.807) is 0 Å². The molecule has 0 atom stereocenters. The van der Waals surface area contributed by atoms with E-state index in [9.17, 15) is 4.79 Å². The minimum Gasteiger partial charge on any atom is -0.490 e. The lowest BCUT2D eigenvalue weighted by Gasteiger charge is -2.26. The molecule has 0 spiro atoms. The van der Waals surface area contributed by atoms with Crippen molar-refractivity contribution >= 4 is 6.29 Å². The van der Waals surface area contributed by atoms with Crippen molar-refractivity contribution in [2.45, 2.75) is 45.1 Å². The van der Waals surface area contributed by atoms with Crippen molar-refractivity contribution in [1.82, 2.24) is 0 Å². The molecule has 1 aromatic carbocycles. The van der Waals surface area contributed by atoms with Gasteiger partial charge in [-0.05, 0) is 49.8 Å². The highest BCUT2D eigenvalue weighted by Gasteiger charge is 2.21. The van der Waals surface area contributed by atoms with Crippen molar-refractivity contribution in [3.8, 4) is 5.75 Å². The van der Waals surface area contributed by atoms with Crippen LogP contribution in [0.1, 0.15) is 38.2 Å². The zero-order valence-corrected chi connectivity index (χ0v) is 10.4. The van der Waals surface area contributed by atoms with Crippen molar-refractivity contribution < 1.29 is 9.53 Å². The number of aldehydes is 1. The van der Waals surface area contributed by atoms with Crippen molar-refractivity contribution in [2.24, 2.45) is 5.92 Å². The first kappa shape index (κ1) is 12.2. The number of carbonyl (C=O) groups excluding carboxylic acids is 1. The van der Waals surface area contributed by atoms with E-state index in [-0.39, 0.29) is 5.92 Å². The summed E-state index contributed by atoms with van der Waals surface area (Å²) in [5.74, 6) is 1.22. The molecular weight excluding hydrogens is 212 g/mol. The molecule has 0 N–H and O–H groups in total. The Morgan fingerprint density at radius 2 is 1.82 bits per heavy atom. The van der Waals surface area contributed by atoms with Crippen LogP contribution in [0.4, 0.5) is 0 Å². The lowest BCUT2D eigenvalue weighted by Crippen LogP contribution is -2.24. The normalized spacial score (nSPS) is 24.3. The molecule has 1 aromatic rings. The molecule has 0 unspecified atom stereocenters. The van der Waals surface area contributed by atoms with E-state index in [0.717, 1.165) is 44.1 Å². The summed E-state index contributed by atoms with van der Waals surface area (Å²) in [5, 5.41) is 0. The first-order valence-electron chi connectivity index (χ1n) is 6.52. The van der Waals surface area contributed by atoms with Crippen molar-refractivity contribution in [1.29, 1.82) is 0 Å².